The summed E-state index contributed by atoms with van der Waals surface area (Å²) < 4.78 is 29.8. The molecule has 0 aliphatic carbocycles. The van der Waals surface area contributed by atoms with Gasteiger partial charge in [-0.25, -0.2) is 8.42 Å². The zero-order valence-corrected chi connectivity index (χ0v) is 13.8. The lowest BCUT2D eigenvalue weighted by Gasteiger charge is -2.07. The Morgan fingerprint density at radius 2 is 2.09 bits per heavy atom. The SMILES string of the molecule is O=C(Nc1nnc(CS(=O)(=O)c2ccccc2)s1)C1CCCO1. The van der Waals surface area contributed by atoms with Crippen LogP contribution in [0.25, 0.3) is 0 Å². The number of rotatable bonds is 5. The van der Waals surface area contributed by atoms with Gasteiger partial charge in [-0.05, 0) is 25.0 Å². The Hall–Kier alpha value is -1.84. The van der Waals surface area contributed by atoms with Crippen LogP contribution in [0.15, 0.2) is 35.2 Å². The van der Waals surface area contributed by atoms with Crippen LogP contribution in [0.5, 0.6) is 0 Å². The first-order chi connectivity index (χ1) is 11.0. The third-order valence-corrected chi connectivity index (χ3v) is 6.00. The lowest BCUT2D eigenvalue weighted by Crippen LogP contribution is -2.26. The highest BCUT2D eigenvalue weighted by molar-refractivity contribution is 7.90. The highest BCUT2D eigenvalue weighted by atomic mass is 32.2. The first-order valence-corrected chi connectivity index (χ1v) is 9.54. The number of anilines is 1. The van der Waals surface area contributed by atoms with Crippen molar-refractivity contribution in [3.05, 3.63) is 35.3 Å². The Labute approximate surface area is 137 Å². The molecule has 1 aromatic carbocycles. The number of nitrogens with zero attached hydrogens (tertiary/aromatic N) is 2. The summed E-state index contributed by atoms with van der Waals surface area (Å²) in [5, 5.41) is 10.9. The largest absolute Gasteiger partial charge is 0.368 e. The van der Waals surface area contributed by atoms with Gasteiger partial charge in [0.1, 0.15) is 16.9 Å². The number of aromatic nitrogens is 2. The number of carbonyl (C=O) groups is 1. The molecule has 1 N–H and O–H groups in total. The maximum Gasteiger partial charge on any atom is 0.255 e. The summed E-state index contributed by atoms with van der Waals surface area (Å²) in [5.41, 5.74) is 0. The molecule has 0 bridgehead atoms. The van der Waals surface area contributed by atoms with Crippen molar-refractivity contribution in [3.63, 3.8) is 0 Å². The minimum Gasteiger partial charge on any atom is -0.368 e. The Morgan fingerprint density at radius 3 is 2.78 bits per heavy atom. The standard InChI is InChI=1S/C14H15N3O4S2/c18-13(11-7-4-8-21-11)15-14-17-16-12(22-14)9-23(19,20)10-5-2-1-3-6-10/h1-3,5-6,11H,4,7-9H2,(H,15,17,18). The number of carbonyl (C=O) groups excluding carboxylic acids is 1. The van der Waals surface area contributed by atoms with Crippen LogP contribution in [-0.2, 0) is 25.1 Å². The van der Waals surface area contributed by atoms with Crippen LogP contribution < -0.4 is 5.32 Å². The summed E-state index contributed by atoms with van der Waals surface area (Å²) in [5.74, 6) is -0.513. The van der Waals surface area contributed by atoms with E-state index < -0.39 is 15.9 Å². The van der Waals surface area contributed by atoms with Crippen LogP contribution in [0.1, 0.15) is 17.8 Å². The monoisotopic (exact) mass is 353 g/mol. The van der Waals surface area contributed by atoms with E-state index in [9.17, 15) is 13.2 Å². The second-order valence-corrected chi connectivity index (χ2v) is 8.12. The molecule has 122 valence electrons. The average molecular weight is 353 g/mol. The van der Waals surface area contributed by atoms with Gasteiger partial charge in [-0.2, -0.15) is 0 Å². The third kappa shape index (κ3) is 3.92. The molecular formula is C14H15N3O4S2. The van der Waals surface area contributed by atoms with Crippen LogP contribution in [0.3, 0.4) is 0 Å². The van der Waals surface area contributed by atoms with Gasteiger partial charge in [0, 0.05) is 6.61 Å². The van der Waals surface area contributed by atoms with E-state index in [1.165, 1.54) is 12.1 Å². The summed E-state index contributed by atoms with van der Waals surface area (Å²) in [7, 11) is -3.47. The number of hydrogen-bond donors (Lipinski definition) is 1. The molecule has 1 amide bonds. The fraction of sp³-hybridized carbons (Fsp3) is 0.357. The molecule has 0 radical (unpaired) electrons. The predicted octanol–water partition coefficient (Wildman–Crippen LogP) is 1.63. The summed E-state index contributed by atoms with van der Waals surface area (Å²) in [6, 6.07) is 8.16. The molecule has 1 saturated heterocycles. The van der Waals surface area contributed by atoms with Crippen molar-refractivity contribution < 1.29 is 17.9 Å². The van der Waals surface area contributed by atoms with E-state index in [1.807, 2.05) is 0 Å². The molecule has 3 rings (SSSR count). The smallest absolute Gasteiger partial charge is 0.255 e. The molecule has 1 aromatic heterocycles. The molecule has 23 heavy (non-hydrogen) atoms. The summed E-state index contributed by atoms with van der Waals surface area (Å²) >= 11 is 1.05. The van der Waals surface area contributed by atoms with Crippen molar-refractivity contribution in [1.29, 1.82) is 0 Å². The maximum absolute atomic E-state index is 12.3. The topological polar surface area (TPSA) is 98.3 Å². The molecule has 2 heterocycles. The molecule has 1 atom stereocenters. The van der Waals surface area contributed by atoms with Gasteiger partial charge in [-0.3, -0.25) is 10.1 Å². The van der Waals surface area contributed by atoms with Crippen LogP contribution >= 0.6 is 11.3 Å². The van der Waals surface area contributed by atoms with E-state index in [4.69, 9.17) is 4.74 Å². The minimum atomic E-state index is -3.47. The zero-order valence-electron chi connectivity index (χ0n) is 12.1. The highest BCUT2D eigenvalue weighted by Gasteiger charge is 2.25. The van der Waals surface area contributed by atoms with E-state index in [0.29, 0.717) is 18.0 Å². The minimum absolute atomic E-state index is 0.236. The van der Waals surface area contributed by atoms with Crippen LogP contribution in [-0.4, -0.2) is 37.2 Å². The second kappa shape index (κ2) is 6.73. The van der Waals surface area contributed by atoms with Crippen LogP contribution in [0.2, 0.25) is 0 Å². The molecule has 1 fully saturated rings. The lowest BCUT2D eigenvalue weighted by atomic mass is 10.2. The van der Waals surface area contributed by atoms with Crippen LogP contribution in [0.4, 0.5) is 5.13 Å². The van der Waals surface area contributed by atoms with Gasteiger partial charge in [-0.15, -0.1) is 10.2 Å². The Morgan fingerprint density at radius 1 is 1.30 bits per heavy atom. The fourth-order valence-corrected chi connectivity index (χ4v) is 4.57. The van der Waals surface area contributed by atoms with E-state index in [0.717, 1.165) is 17.8 Å². The first kappa shape index (κ1) is 16.0. The van der Waals surface area contributed by atoms with Crippen molar-refractivity contribution in [2.24, 2.45) is 0 Å². The third-order valence-electron chi connectivity index (χ3n) is 3.33. The Kier molecular flexibility index (Phi) is 4.69. The maximum atomic E-state index is 12.3. The number of amides is 1. The van der Waals surface area contributed by atoms with Crippen LogP contribution in [0, 0.1) is 0 Å². The van der Waals surface area contributed by atoms with Gasteiger partial charge in [0.15, 0.2) is 9.84 Å². The van der Waals surface area contributed by atoms with Gasteiger partial charge in [-0.1, -0.05) is 29.5 Å². The van der Waals surface area contributed by atoms with Crippen molar-refractivity contribution in [1.82, 2.24) is 10.2 Å². The summed E-state index contributed by atoms with van der Waals surface area (Å²) in [6.07, 6.45) is 1.07. The van der Waals surface area contributed by atoms with E-state index in [1.54, 1.807) is 18.2 Å². The Bertz CT molecular complexity index is 783. The fourth-order valence-electron chi connectivity index (χ4n) is 2.21. The quantitative estimate of drug-likeness (QED) is 0.877. The van der Waals surface area contributed by atoms with Gasteiger partial charge < -0.3 is 4.74 Å². The van der Waals surface area contributed by atoms with Crippen molar-refractivity contribution in [2.75, 3.05) is 11.9 Å². The molecule has 0 spiro atoms. The van der Waals surface area contributed by atoms with Crippen molar-refractivity contribution in [3.8, 4) is 0 Å². The van der Waals surface area contributed by atoms with E-state index >= 15 is 0 Å². The summed E-state index contributed by atoms with van der Waals surface area (Å²) in [6.45, 7) is 0.578. The predicted molar refractivity (Wildman–Crippen MR) is 84.8 cm³/mol. The van der Waals surface area contributed by atoms with Gasteiger partial charge in [0.05, 0.1) is 4.90 Å². The van der Waals surface area contributed by atoms with E-state index in [2.05, 4.69) is 15.5 Å². The molecule has 9 heteroatoms. The second-order valence-electron chi connectivity index (χ2n) is 5.06. The average Bonchev–Trinajstić information content (AvgIpc) is 3.20. The molecule has 1 aliphatic rings. The highest BCUT2D eigenvalue weighted by Crippen LogP contribution is 2.22. The molecular weight excluding hydrogens is 338 g/mol. The van der Waals surface area contributed by atoms with Gasteiger partial charge >= 0.3 is 0 Å². The molecule has 0 saturated carbocycles. The number of nitrogens with one attached hydrogen (secondary N) is 1. The zero-order chi connectivity index (χ0) is 16.3. The van der Waals surface area contributed by atoms with Gasteiger partial charge in [0.25, 0.3) is 5.91 Å². The van der Waals surface area contributed by atoms with Gasteiger partial charge in [0.2, 0.25) is 5.13 Å². The van der Waals surface area contributed by atoms with Crippen molar-refractivity contribution in [2.45, 2.75) is 29.6 Å². The first-order valence-electron chi connectivity index (χ1n) is 7.07. The number of benzene rings is 1. The molecule has 1 unspecified atom stereocenters. The van der Waals surface area contributed by atoms with E-state index in [-0.39, 0.29) is 21.7 Å². The molecule has 2 aromatic rings. The number of hydrogen-bond acceptors (Lipinski definition) is 7. The lowest BCUT2D eigenvalue weighted by molar-refractivity contribution is -0.124. The molecule has 1 aliphatic heterocycles. The van der Waals surface area contributed by atoms with Crippen molar-refractivity contribution >= 4 is 32.2 Å². The Balaban J connectivity index is 1.66. The number of sulfone groups is 1. The summed E-state index contributed by atoms with van der Waals surface area (Å²) in [4.78, 5) is 12.2. The number of ether oxygens (including phenoxy) is 1. The normalized spacial score (nSPS) is 18.0. The molecule has 7 nitrogen and oxygen atoms in total.